The summed E-state index contributed by atoms with van der Waals surface area (Å²) in [6, 6.07) is 0. The average Bonchev–Trinajstić information content (AvgIpc) is 3.48. The van der Waals surface area contributed by atoms with Crippen LogP contribution in [0.5, 0.6) is 0 Å². The number of nitrogens with one attached hydrogen (secondary N) is 1. The van der Waals surface area contributed by atoms with Gasteiger partial charge in [-0.25, -0.2) is 0 Å². The zero-order valence-electron chi connectivity index (χ0n) is 36.6. The molecule has 0 saturated heterocycles. The van der Waals surface area contributed by atoms with Crippen LogP contribution in [0.3, 0.4) is 0 Å². The fourth-order valence-electron chi connectivity index (χ4n) is 13.0. The molecule has 1 N–H and O–H groups in total. The summed E-state index contributed by atoms with van der Waals surface area (Å²) in [6.07, 6.45) is 35.5. The SMILES string of the molecule is CCCC(CCCCC(C)P)CCCC(CCC)CCCNC(C=O)OC1CCC2(C)C(=CCC3C2CCC2(C)C(C(C)CCCC(C)C)CCC32)C1. The Bertz CT molecular complexity index is 1070. The van der Waals surface area contributed by atoms with Crippen LogP contribution in [0.1, 0.15) is 209 Å². The van der Waals surface area contributed by atoms with E-state index in [1.54, 1.807) is 5.57 Å². The first kappa shape index (κ1) is 45.5. The highest BCUT2D eigenvalue weighted by Gasteiger charge is 2.59. The molecule has 0 aromatic rings. The van der Waals surface area contributed by atoms with Crippen molar-refractivity contribution in [2.75, 3.05) is 6.54 Å². The van der Waals surface area contributed by atoms with Gasteiger partial charge < -0.3 is 4.74 Å². The smallest absolute Gasteiger partial charge is 0.164 e. The standard InChI is InChI=1S/C49H90NO2P/c1-9-16-39(21-12-11-20-38(6)53)22-14-23-40(17-10-2)24-15-33-50-47(35-51)52-42-29-31-48(7)41(34-42)25-26-43-45-28-27-44(37(5)19-13-18-36(3)4)49(45,8)32-30-46(43)48/h25,35-40,42-47,50H,9-24,26-34,53H2,1-8H3. The molecule has 0 bridgehead atoms. The Morgan fingerprint density at radius 3 is 2.11 bits per heavy atom. The van der Waals surface area contributed by atoms with Gasteiger partial charge in [0, 0.05) is 0 Å². The van der Waals surface area contributed by atoms with Crippen molar-refractivity contribution >= 4 is 15.5 Å². The number of carbonyl (C=O) groups excluding carboxylic acids is 1. The van der Waals surface area contributed by atoms with Crippen LogP contribution in [0.25, 0.3) is 0 Å². The van der Waals surface area contributed by atoms with Gasteiger partial charge in [-0.3, -0.25) is 10.1 Å². The molecule has 308 valence electrons. The molecule has 0 aliphatic heterocycles. The van der Waals surface area contributed by atoms with E-state index < -0.39 is 6.23 Å². The maximum absolute atomic E-state index is 12.2. The van der Waals surface area contributed by atoms with E-state index in [1.165, 1.54) is 135 Å². The van der Waals surface area contributed by atoms with Gasteiger partial charge in [0.25, 0.3) is 0 Å². The van der Waals surface area contributed by atoms with Crippen molar-refractivity contribution in [2.45, 2.75) is 227 Å². The van der Waals surface area contributed by atoms with Gasteiger partial charge in [0.05, 0.1) is 6.10 Å². The van der Waals surface area contributed by atoms with Crippen molar-refractivity contribution in [1.82, 2.24) is 5.32 Å². The van der Waals surface area contributed by atoms with E-state index in [2.05, 4.69) is 76.0 Å². The lowest BCUT2D eigenvalue weighted by Crippen LogP contribution is -2.51. The van der Waals surface area contributed by atoms with Gasteiger partial charge in [-0.2, -0.15) is 0 Å². The Morgan fingerprint density at radius 2 is 1.45 bits per heavy atom. The molecule has 3 nitrogen and oxygen atoms in total. The molecule has 0 aromatic heterocycles. The van der Waals surface area contributed by atoms with Gasteiger partial charge in [-0.05, 0) is 141 Å². The Labute approximate surface area is 333 Å². The summed E-state index contributed by atoms with van der Waals surface area (Å²) in [5.74, 6) is 6.98. The molecular weight excluding hydrogens is 666 g/mol. The van der Waals surface area contributed by atoms with E-state index in [0.29, 0.717) is 10.8 Å². The van der Waals surface area contributed by atoms with Gasteiger partial charge in [-0.1, -0.05) is 151 Å². The van der Waals surface area contributed by atoms with Crippen LogP contribution in [-0.2, 0) is 9.53 Å². The highest BCUT2D eigenvalue weighted by atomic mass is 31.0. The fourth-order valence-corrected chi connectivity index (χ4v) is 13.3. The van der Waals surface area contributed by atoms with Crippen molar-refractivity contribution in [1.29, 1.82) is 0 Å². The summed E-state index contributed by atoms with van der Waals surface area (Å²) < 4.78 is 6.54. The molecule has 4 rings (SSSR count). The van der Waals surface area contributed by atoms with E-state index in [9.17, 15) is 4.79 Å². The Morgan fingerprint density at radius 1 is 0.792 bits per heavy atom. The fraction of sp³-hybridized carbons (Fsp3) is 0.939. The maximum atomic E-state index is 12.2. The first-order chi connectivity index (χ1) is 25.4. The molecule has 53 heavy (non-hydrogen) atoms. The van der Waals surface area contributed by atoms with E-state index in [4.69, 9.17) is 4.74 Å². The van der Waals surface area contributed by atoms with Crippen LogP contribution in [0, 0.1) is 58.2 Å². The Balaban J connectivity index is 1.20. The molecule has 4 aliphatic rings. The first-order valence-corrected chi connectivity index (χ1v) is 24.4. The molecule has 4 aliphatic carbocycles. The summed E-state index contributed by atoms with van der Waals surface area (Å²) in [4.78, 5) is 12.2. The van der Waals surface area contributed by atoms with Gasteiger partial charge in [0.2, 0.25) is 0 Å². The number of carbonyl (C=O) groups is 1. The molecule has 3 saturated carbocycles. The number of allylic oxidation sites excluding steroid dienone is 1. The third-order valence-electron chi connectivity index (χ3n) is 16.0. The highest BCUT2D eigenvalue weighted by Crippen LogP contribution is 2.67. The number of hydrogen-bond donors (Lipinski definition) is 1. The van der Waals surface area contributed by atoms with E-state index >= 15 is 0 Å². The van der Waals surface area contributed by atoms with Gasteiger partial charge >= 0.3 is 0 Å². The van der Waals surface area contributed by atoms with E-state index in [0.717, 1.165) is 85.1 Å². The van der Waals surface area contributed by atoms with Crippen molar-refractivity contribution in [3.05, 3.63) is 11.6 Å². The topological polar surface area (TPSA) is 38.3 Å². The predicted molar refractivity (Wildman–Crippen MR) is 233 cm³/mol. The molecule has 0 amide bonds. The van der Waals surface area contributed by atoms with Crippen LogP contribution in [0.2, 0.25) is 0 Å². The molecule has 4 heteroatoms. The molecule has 3 fully saturated rings. The summed E-state index contributed by atoms with van der Waals surface area (Å²) in [6.45, 7) is 20.6. The van der Waals surface area contributed by atoms with E-state index in [1.807, 2.05) is 0 Å². The molecule has 0 heterocycles. The molecule has 13 atom stereocenters. The third-order valence-corrected chi connectivity index (χ3v) is 16.3. The second kappa shape index (κ2) is 22.6. The molecule has 13 unspecified atom stereocenters. The zero-order valence-corrected chi connectivity index (χ0v) is 37.7. The second-order valence-corrected chi connectivity index (χ2v) is 21.6. The summed E-state index contributed by atoms with van der Waals surface area (Å²) in [5, 5.41) is 3.52. The zero-order chi connectivity index (χ0) is 38.4. The number of fused-ring (bicyclic) bond motifs is 5. The van der Waals surface area contributed by atoms with Crippen LogP contribution >= 0.6 is 9.24 Å². The first-order valence-electron chi connectivity index (χ1n) is 23.7. The van der Waals surface area contributed by atoms with Gasteiger partial charge in [-0.15, -0.1) is 9.24 Å². The quantitative estimate of drug-likeness (QED) is 0.0314. The van der Waals surface area contributed by atoms with Crippen LogP contribution in [0.15, 0.2) is 11.6 Å². The number of hydrogen-bond acceptors (Lipinski definition) is 3. The van der Waals surface area contributed by atoms with Crippen molar-refractivity contribution in [2.24, 2.45) is 58.2 Å². The summed E-state index contributed by atoms with van der Waals surface area (Å²) >= 11 is 0. The van der Waals surface area contributed by atoms with Crippen LogP contribution in [-0.4, -0.2) is 30.8 Å². The van der Waals surface area contributed by atoms with Crippen LogP contribution < -0.4 is 5.32 Å². The lowest BCUT2D eigenvalue weighted by Gasteiger charge is -2.58. The third kappa shape index (κ3) is 12.9. The summed E-state index contributed by atoms with van der Waals surface area (Å²) in [7, 11) is 2.96. The molecule has 0 spiro atoms. The average molecular weight is 756 g/mol. The monoisotopic (exact) mass is 756 g/mol. The lowest BCUT2D eigenvalue weighted by atomic mass is 9.47. The predicted octanol–water partition coefficient (Wildman–Crippen LogP) is 14.1. The minimum absolute atomic E-state index is 0.165. The van der Waals surface area contributed by atoms with Crippen molar-refractivity contribution in [3.8, 4) is 0 Å². The molecule has 0 aromatic carbocycles. The normalized spacial score (nSPS) is 32.6. The number of aldehydes is 1. The highest BCUT2D eigenvalue weighted by molar-refractivity contribution is 7.17. The number of ether oxygens (including phenoxy) is 1. The minimum Gasteiger partial charge on any atom is -0.353 e. The Kier molecular flexibility index (Phi) is 19.4. The Hall–Kier alpha value is -0.240. The summed E-state index contributed by atoms with van der Waals surface area (Å²) in [5.41, 5.74) is 3.30. The second-order valence-electron chi connectivity index (χ2n) is 20.4. The van der Waals surface area contributed by atoms with E-state index in [-0.39, 0.29) is 6.10 Å². The largest absolute Gasteiger partial charge is 0.353 e. The lowest BCUT2D eigenvalue weighted by molar-refractivity contribution is -0.127. The van der Waals surface area contributed by atoms with Gasteiger partial charge in [0.1, 0.15) is 0 Å². The number of unbranched alkanes of at least 4 members (excludes halogenated alkanes) is 1. The number of rotatable bonds is 26. The minimum atomic E-state index is -0.469. The van der Waals surface area contributed by atoms with Crippen molar-refractivity contribution < 1.29 is 9.53 Å². The molecular formula is C49H90NO2P. The van der Waals surface area contributed by atoms with Gasteiger partial charge in [0.15, 0.2) is 12.5 Å². The van der Waals surface area contributed by atoms with Crippen molar-refractivity contribution in [3.63, 3.8) is 0 Å². The van der Waals surface area contributed by atoms with Crippen LogP contribution in [0.4, 0.5) is 0 Å². The molecule has 0 radical (unpaired) electrons. The maximum Gasteiger partial charge on any atom is 0.164 e.